The SMILES string of the molecule is C[C@H](O)C(=O)N1CCCCCO1. The number of carbonyl (C=O) groups is 1. The van der Waals surface area contributed by atoms with E-state index in [9.17, 15) is 4.79 Å². The first-order valence-corrected chi connectivity index (χ1v) is 4.34. The third-order valence-electron chi connectivity index (χ3n) is 1.86. The Labute approximate surface area is 72.1 Å². The van der Waals surface area contributed by atoms with Crippen molar-refractivity contribution in [2.24, 2.45) is 0 Å². The van der Waals surface area contributed by atoms with Crippen LogP contribution in [-0.2, 0) is 9.63 Å². The first-order valence-electron chi connectivity index (χ1n) is 4.34. The minimum absolute atomic E-state index is 0.336. The molecule has 1 atom stereocenters. The first-order chi connectivity index (χ1) is 5.72. The average molecular weight is 173 g/mol. The van der Waals surface area contributed by atoms with Gasteiger partial charge in [0.15, 0.2) is 0 Å². The summed E-state index contributed by atoms with van der Waals surface area (Å²) < 4.78 is 0. The summed E-state index contributed by atoms with van der Waals surface area (Å²) in [7, 11) is 0. The quantitative estimate of drug-likeness (QED) is 0.621. The van der Waals surface area contributed by atoms with Crippen LogP contribution in [0.2, 0.25) is 0 Å². The van der Waals surface area contributed by atoms with Gasteiger partial charge in [0.05, 0.1) is 6.61 Å². The van der Waals surface area contributed by atoms with Gasteiger partial charge in [-0.15, -0.1) is 0 Å². The van der Waals surface area contributed by atoms with Gasteiger partial charge < -0.3 is 5.11 Å². The van der Waals surface area contributed by atoms with Crippen molar-refractivity contribution in [1.82, 2.24) is 5.06 Å². The van der Waals surface area contributed by atoms with Gasteiger partial charge in [-0.05, 0) is 26.2 Å². The fourth-order valence-electron chi connectivity index (χ4n) is 1.16. The van der Waals surface area contributed by atoms with Crippen molar-refractivity contribution in [3.63, 3.8) is 0 Å². The number of hydrogen-bond acceptors (Lipinski definition) is 3. The van der Waals surface area contributed by atoms with Gasteiger partial charge in [0, 0.05) is 6.54 Å². The number of rotatable bonds is 1. The molecule has 0 bridgehead atoms. The second-order valence-electron chi connectivity index (χ2n) is 3.01. The topological polar surface area (TPSA) is 49.8 Å². The smallest absolute Gasteiger partial charge is 0.274 e. The van der Waals surface area contributed by atoms with Crippen LogP contribution >= 0.6 is 0 Å². The number of nitrogens with zero attached hydrogens (tertiary/aromatic N) is 1. The van der Waals surface area contributed by atoms with Crippen LogP contribution in [-0.4, -0.2) is 35.3 Å². The highest BCUT2D eigenvalue weighted by Gasteiger charge is 2.20. The molecule has 1 amide bonds. The summed E-state index contributed by atoms with van der Waals surface area (Å²) in [6.45, 7) is 2.64. The number of hydrogen-bond donors (Lipinski definition) is 1. The van der Waals surface area contributed by atoms with Crippen LogP contribution in [0.1, 0.15) is 26.2 Å². The summed E-state index contributed by atoms with van der Waals surface area (Å²) in [5, 5.41) is 10.3. The van der Waals surface area contributed by atoms with Gasteiger partial charge in [0.25, 0.3) is 5.91 Å². The Hall–Kier alpha value is -0.610. The number of amides is 1. The Morgan fingerprint density at radius 1 is 1.50 bits per heavy atom. The molecule has 4 heteroatoms. The highest BCUT2D eigenvalue weighted by molar-refractivity contribution is 5.79. The van der Waals surface area contributed by atoms with E-state index in [0.29, 0.717) is 13.2 Å². The molecule has 1 N–H and O–H groups in total. The van der Waals surface area contributed by atoms with Crippen LogP contribution < -0.4 is 0 Å². The number of hydroxylamine groups is 2. The fraction of sp³-hybridized carbons (Fsp3) is 0.875. The fourth-order valence-corrected chi connectivity index (χ4v) is 1.16. The average Bonchev–Trinajstić information content (AvgIpc) is 2.30. The molecule has 70 valence electrons. The summed E-state index contributed by atoms with van der Waals surface area (Å²) in [5.74, 6) is -0.336. The molecule has 12 heavy (non-hydrogen) atoms. The van der Waals surface area contributed by atoms with Crippen LogP contribution in [0.3, 0.4) is 0 Å². The molecule has 0 aromatic heterocycles. The molecule has 0 aromatic carbocycles. The van der Waals surface area contributed by atoms with Crippen molar-refractivity contribution < 1.29 is 14.7 Å². The lowest BCUT2D eigenvalue weighted by molar-refractivity contribution is -0.191. The predicted octanol–water partition coefficient (Wildman–Crippen LogP) is 0.311. The van der Waals surface area contributed by atoms with Gasteiger partial charge in [-0.3, -0.25) is 9.63 Å². The lowest BCUT2D eigenvalue weighted by atomic mass is 10.2. The highest BCUT2D eigenvalue weighted by atomic mass is 16.7. The summed E-state index contributed by atoms with van der Waals surface area (Å²) in [5.41, 5.74) is 0. The molecule has 0 aliphatic carbocycles. The molecule has 1 saturated heterocycles. The van der Waals surface area contributed by atoms with E-state index in [1.165, 1.54) is 12.0 Å². The van der Waals surface area contributed by atoms with E-state index in [2.05, 4.69) is 0 Å². The van der Waals surface area contributed by atoms with E-state index in [4.69, 9.17) is 9.94 Å². The monoisotopic (exact) mass is 173 g/mol. The van der Waals surface area contributed by atoms with Crippen molar-refractivity contribution in [3.05, 3.63) is 0 Å². The van der Waals surface area contributed by atoms with E-state index >= 15 is 0 Å². The molecule has 1 rings (SSSR count). The number of carbonyl (C=O) groups excluding carboxylic acids is 1. The Kier molecular flexibility index (Phi) is 3.49. The standard InChI is InChI=1S/C8H15NO3/c1-7(10)8(11)9-5-3-2-4-6-12-9/h7,10H,2-6H2,1H3/t7-/m0/s1. The molecule has 1 fully saturated rings. The molecule has 0 radical (unpaired) electrons. The van der Waals surface area contributed by atoms with E-state index in [0.717, 1.165) is 19.3 Å². The third-order valence-corrected chi connectivity index (χ3v) is 1.86. The molecule has 0 saturated carbocycles. The molecule has 1 aliphatic rings. The molecule has 4 nitrogen and oxygen atoms in total. The van der Waals surface area contributed by atoms with Crippen molar-refractivity contribution in [2.45, 2.75) is 32.3 Å². The maximum absolute atomic E-state index is 11.2. The van der Waals surface area contributed by atoms with E-state index in [1.54, 1.807) is 0 Å². The zero-order chi connectivity index (χ0) is 8.97. The van der Waals surface area contributed by atoms with Crippen LogP contribution in [0.5, 0.6) is 0 Å². The van der Waals surface area contributed by atoms with E-state index in [1.807, 2.05) is 0 Å². The first kappa shape index (κ1) is 9.48. The molecular weight excluding hydrogens is 158 g/mol. The largest absolute Gasteiger partial charge is 0.383 e. The highest BCUT2D eigenvalue weighted by Crippen LogP contribution is 2.08. The molecule has 1 heterocycles. The zero-order valence-corrected chi connectivity index (χ0v) is 7.32. The Bertz CT molecular complexity index is 150. The summed E-state index contributed by atoms with van der Waals surface area (Å²) in [6.07, 6.45) is 2.08. The van der Waals surface area contributed by atoms with Gasteiger partial charge in [-0.2, -0.15) is 0 Å². The maximum atomic E-state index is 11.2. The minimum atomic E-state index is -0.955. The van der Waals surface area contributed by atoms with Gasteiger partial charge >= 0.3 is 0 Å². The lowest BCUT2D eigenvalue weighted by Crippen LogP contribution is -2.37. The van der Waals surface area contributed by atoms with Gasteiger partial charge in [0.2, 0.25) is 0 Å². The predicted molar refractivity (Wildman–Crippen MR) is 43.2 cm³/mol. The van der Waals surface area contributed by atoms with E-state index < -0.39 is 6.10 Å². The summed E-state index contributed by atoms with van der Waals surface area (Å²) in [4.78, 5) is 16.4. The summed E-state index contributed by atoms with van der Waals surface area (Å²) >= 11 is 0. The molecular formula is C8H15NO3. The van der Waals surface area contributed by atoms with Gasteiger partial charge in [-0.1, -0.05) is 0 Å². The Morgan fingerprint density at radius 2 is 2.25 bits per heavy atom. The van der Waals surface area contributed by atoms with Crippen LogP contribution in [0.15, 0.2) is 0 Å². The maximum Gasteiger partial charge on any atom is 0.274 e. The Morgan fingerprint density at radius 3 is 2.92 bits per heavy atom. The minimum Gasteiger partial charge on any atom is -0.383 e. The normalized spacial score (nSPS) is 21.7. The molecule has 0 unspecified atom stereocenters. The van der Waals surface area contributed by atoms with Gasteiger partial charge in [0.1, 0.15) is 6.10 Å². The van der Waals surface area contributed by atoms with Crippen molar-refractivity contribution in [3.8, 4) is 0 Å². The second kappa shape index (κ2) is 4.42. The van der Waals surface area contributed by atoms with E-state index in [-0.39, 0.29) is 5.91 Å². The third kappa shape index (κ3) is 2.46. The van der Waals surface area contributed by atoms with Crippen LogP contribution in [0.4, 0.5) is 0 Å². The zero-order valence-electron chi connectivity index (χ0n) is 7.32. The number of aliphatic hydroxyl groups excluding tert-OH is 1. The van der Waals surface area contributed by atoms with Crippen molar-refractivity contribution >= 4 is 5.91 Å². The van der Waals surface area contributed by atoms with Crippen molar-refractivity contribution in [2.75, 3.05) is 13.2 Å². The lowest BCUT2D eigenvalue weighted by Gasteiger charge is -2.20. The van der Waals surface area contributed by atoms with Gasteiger partial charge in [-0.25, -0.2) is 5.06 Å². The molecule has 0 aromatic rings. The summed E-state index contributed by atoms with van der Waals surface area (Å²) in [6, 6.07) is 0. The Balaban J connectivity index is 2.43. The van der Waals surface area contributed by atoms with Crippen LogP contribution in [0.25, 0.3) is 0 Å². The molecule has 1 aliphatic heterocycles. The number of aliphatic hydroxyl groups is 1. The second-order valence-corrected chi connectivity index (χ2v) is 3.01. The van der Waals surface area contributed by atoms with Crippen molar-refractivity contribution in [1.29, 1.82) is 0 Å². The van der Waals surface area contributed by atoms with Crippen LogP contribution in [0, 0.1) is 0 Å². The molecule has 0 spiro atoms.